The minimum Gasteiger partial charge on any atom is -0.480 e. The van der Waals surface area contributed by atoms with E-state index in [4.69, 9.17) is 10.2 Å². The first-order valence-corrected chi connectivity index (χ1v) is 4.46. The highest BCUT2D eigenvalue weighted by Crippen LogP contribution is 2.37. The second kappa shape index (κ2) is 3.76. The summed E-state index contributed by atoms with van der Waals surface area (Å²) in [6.45, 7) is 5.24. The Morgan fingerprint density at radius 2 is 2.20 bits per heavy atom. The van der Waals surface area contributed by atoms with Crippen molar-refractivity contribution in [3.8, 4) is 0 Å². The van der Waals surface area contributed by atoms with Gasteiger partial charge in [0, 0.05) is 11.6 Å². The van der Waals surface area contributed by atoms with Crippen LogP contribution < -0.4 is 0 Å². The molecule has 0 fully saturated rings. The molecule has 1 rings (SSSR count). The van der Waals surface area contributed by atoms with E-state index in [0.29, 0.717) is 6.42 Å². The van der Waals surface area contributed by atoms with Crippen molar-refractivity contribution in [3.05, 3.63) is 24.9 Å². The normalized spacial score (nSPS) is 29.1. The Kier molecular flexibility index (Phi) is 2.83. The molecule has 15 heavy (non-hydrogen) atoms. The third kappa shape index (κ3) is 1.86. The fraction of sp³-hybridized carbons (Fsp3) is 0.400. The van der Waals surface area contributed by atoms with Crippen molar-refractivity contribution in [2.45, 2.75) is 19.4 Å². The molecule has 1 amide bonds. The summed E-state index contributed by atoms with van der Waals surface area (Å²) in [6, 6.07) is -1.08. The Morgan fingerprint density at radius 3 is 2.60 bits per heavy atom. The third-order valence-corrected chi connectivity index (χ3v) is 2.56. The van der Waals surface area contributed by atoms with Gasteiger partial charge in [0.1, 0.15) is 6.04 Å². The van der Waals surface area contributed by atoms with Crippen LogP contribution in [-0.4, -0.2) is 33.2 Å². The van der Waals surface area contributed by atoms with Crippen LogP contribution in [-0.2, 0) is 4.79 Å². The molecule has 0 aromatic heterocycles. The SMILES string of the molecule is C=CC[C@]1(C)C=CN(C(=O)O)[C@@H]1C(=O)O. The number of amides is 1. The number of rotatable bonds is 3. The second-order valence-corrected chi connectivity index (χ2v) is 3.74. The van der Waals surface area contributed by atoms with Crippen molar-refractivity contribution in [1.29, 1.82) is 0 Å². The average molecular weight is 211 g/mol. The van der Waals surface area contributed by atoms with E-state index < -0.39 is 23.5 Å². The van der Waals surface area contributed by atoms with Gasteiger partial charge in [-0.1, -0.05) is 19.1 Å². The van der Waals surface area contributed by atoms with Crippen LogP contribution in [0.25, 0.3) is 0 Å². The van der Waals surface area contributed by atoms with Crippen LogP contribution in [0.3, 0.4) is 0 Å². The predicted octanol–water partition coefficient (Wildman–Crippen LogP) is 1.53. The van der Waals surface area contributed by atoms with Gasteiger partial charge in [0.25, 0.3) is 0 Å². The topological polar surface area (TPSA) is 77.8 Å². The zero-order valence-corrected chi connectivity index (χ0v) is 8.38. The van der Waals surface area contributed by atoms with Gasteiger partial charge >= 0.3 is 12.1 Å². The Hall–Kier alpha value is -1.78. The van der Waals surface area contributed by atoms with Gasteiger partial charge in [-0.05, 0) is 6.42 Å². The minimum atomic E-state index is -1.26. The molecule has 0 aromatic rings. The number of aliphatic carboxylic acids is 1. The standard InChI is InChI=1S/C10H13NO4/c1-3-4-10(2)5-6-11(9(14)15)7(10)8(12)13/h3,5-7H,1,4H2,2H3,(H,12,13)(H,14,15)/t7-,10-/m1/s1. The summed E-state index contributed by atoms with van der Waals surface area (Å²) in [4.78, 5) is 22.6. The summed E-state index contributed by atoms with van der Waals surface area (Å²) in [7, 11) is 0. The van der Waals surface area contributed by atoms with Crippen LogP contribution in [0.2, 0.25) is 0 Å². The summed E-state index contributed by atoms with van der Waals surface area (Å²) in [5.74, 6) is -1.15. The Labute approximate surface area is 87.3 Å². The first-order valence-electron chi connectivity index (χ1n) is 4.46. The van der Waals surface area contributed by atoms with E-state index in [1.807, 2.05) is 0 Å². The number of nitrogens with zero attached hydrogens (tertiary/aromatic N) is 1. The third-order valence-electron chi connectivity index (χ3n) is 2.56. The lowest BCUT2D eigenvalue weighted by Gasteiger charge is -2.29. The smallest absolute Gasteiger partial charge is 0.412 e. The van der Waals surface area contributed by atoms with Gasteiger partial charge in [0.2, 0.25) is 0 Å². The molecule has 5 nitrogen and oxygen atoms in total. The Morgan fingerprint density at radius 1 is 1.60 bits per heavy atom. The molecule has 0 unspecified atom stereocenters. The highest BCUT2D eigenvalue weighted by Gasteiger charge is 2.46. The molecule has 0 aliphatic carbocycles. The number of carboxylic acid groups (broad SMARTS) is 2. The fourth-order valence-corrected chi connectivity index (χ4v) is 1.81. The van der Waals surface area contributed by atoms with Crippen LogP contribution in [0.15, 0.2) is 24.9 Å². The number of hydrogen-bond donors (Lipinski definition) is 2. The molecular weight excluding hydrogens is 198 g/mol. The molecule has 0 spiro atoms. The van der Waals surface area contributed by atoms with Crippen molar-refractivity contribution in [2.75, 3.05) is 0 Å². The summed E-state index contributed by atoms with van der Waals surface area (Å²) in [6.07, 6.45) is 3.65. The molecule has 0 saturated carbocycles. The van der Waals surface area contributed by atoms with E-state index in [2.05, 4.69) is 6.58 Å². The molecule has 1 heterocycles. The highest BCUT2D eigenvalue weighted by molar-refractivity contribution is 5.82. The summed E-state index contributed by atoms with van der Waals surface area (Å²) >= 11 is 0. The number of carbonyl (C=O) groups is 2. The molecule has 82 valence electrons. The highest BCUT2D eigenvalue weighted by atomic mass is 16.4. The van der Waals surface area contributed by atoms with Crippen molar-refractivity contribution in [2.24, 2.45) is 5.41 Å². The van der Waals surface area contributed by atoms with E-state index in [9.17, 15) is 9.59 Å². The van der Waals surface area contributed by atoms with Gasteiger partial charge in [-0.25, -0.2) is 9.59 Å². The van der Waals surface area contributed by atoms with Crippen molar-refractivity contribution >= 4 is 12.1 Å². The van der Waals surface area contributed by atoms with Crippen molar-refractivity contribution in [3.63, 3.8) is 0 Å². The van der Waals surface area contributed by atoms with Gasteiger partial charge in [-0.2, -0.15) is 0 Å². The predicted molar refractivity (Wildman–Crippen MR) is 53.3 cm³/mol. The molecule has 5 heteroatoms. The van der Waals surface area contributed by atoms with E-state index >= 15 is 0 Å². The van der Waals surface area contributed by atoms with Gasteiger partial charge in [-0.3, -0.25) is 4.90 Å². The zero-order valence-electron chi connectivity index (χ0n) is 8.38. The maximum atomic E-state index is 11.0. The molecule has 0 saturated heterocycles. The van der Waals surface area contributed by atoms with Crippen LogP contribution in [0.5, 0.6) is 0 Å². The summed E-state index contributed by atoms with van der Waals surface area (Å²) in [5, 5.41) is 17.8. The molecule has 1 aliphatic rings. The van der Waals surface area contributed by atoms with Crippen LogP contribution in [0, 0.1) is 5.41 Å². The first-order chi connectivity index (χ1) is 6.92. The lowest BCUT2D eigenvalue weighted by molar-refractivity contribution is -0.144. The second-order valence-electron chi connectivity index (χ2n) is 3.74. The van der Waals surface area contributed by atoms with Crippen LogP contribution in [0.1, 0.15) is 13.3 Å². The maximum Gasteiger partial charge on any atom is 0.412 e. The van der Waals surface area contributed by atoms with E-state index in [-0.39, 0.29) is 0 Å². The largest absolute Gasteiger partial charge is 0.480 e. The summed E-state index contributed by atoms with van der Waals surface area (Å²) in [5.41, 5.74) is -0.716. The number of hydrogen-bond acceptors (Lipinski definition) is 2. The van der Waals surface area contributed by atoms with Gasteiger partial charge in [0.05, 0.1) is 0 Å². The van der Waals surface area contributed by atoms with E-state index in [1.54, 1.807) is 19.1 Å². The molecule has 2 N–H and O–H groups in total. The number of allylic oxidation sites excluding steroid dienone is 1. The van der Waals surface area contributed by atoms with Crippen molar-refractivity contribution in [1.82, 2.24) is 4.90 Å². The summed E-state index contributed by atoms with van der Waals surface area (Å²) < 4.78 is 0. The van der Waals surface area contributed by atoms with Crippen LogP contribution >= 0.6 is 0 Å². The Bertz CT molecular complexity index is 336. The average Bonchev–Trinajstić information content (AvgIpc) is 2.43. The fourth-order valence-electron chi connectivity index (χ4n) is 1.81. The lowest BCUT2D eigenvalue weighted by Crippen LogP contribution is -2.46. The van der Waals surface area contributed by atoms with Crippen LogP contribution in [0.4, 0.5) is 4.79 Å². The van der Waals surface area contributed by atoms with Crippen molar-refractivity contribution < 1.29 is 19.8 Å². The molecular formula is C10H13NO4. The molecule has 0 radical (unpaired) electrons. The maximum absolute atomic E-state index is 11.0. The molecule has 1 aliphatic heterocycles. The molecule has 0 bridgehead atoms. The monoisotopic (exact) mass is 211 g/mol. The van der Waals surface area contributed by atoms with Gasteiger partial charge in [-0.15, -0.1) is 6.58 Å². The van der Waals surface area contributed by atoms with E-state index in [0.717, 1.165) is 4.90 Å². The van der Waals surface area contributed by atoms with Gasteiger partial charge < -0.3 is 10.2 Å². The quantitative estimate of drug-likeness (QED) is 0.694. The molecule has 0 aromatic carbocycles. The number of carboxylic acids is 1. The minimum absolute atomic E-state index is 0.421. The zero-order chi connectivity index (χ0) is 11.6. The Balaban J connectivity index is 3.03. The molecule has 2 atom stereocenters. The van der Waals surface area contributed by atoms with E-state index in [1.165, 1.54) is 6.20 Å². The first kappa shape index (κ1) is 11.3. The lowest BCUT2D eigenvalue weighted by atomic mass is 9.81. The van der Waals surface area contributed by atoms with Gasteiger partial charge in [0.15, 0.2) is 0 Å².